The van der Waals surface area contributed by atoms with Crippen molar-refractivity contribution in [2.75, 3.05) is 13.2 Å². The van der Waals surface area contributed by atoms with Crippen molar-refractivity contribution in [3.8, 4) is 0 Å². The Hall–Kier alpha value is -2.78. The van der Waals surface area contributed by atoms with Gasteiger partial charge in [-0.2, -0.15) is 0 Å². The predicted molar refractivity (Wildman–Crippen MR) is 103 cm³/mol. The number of carbonyl (C=O) groups excluding carboxylic acids is 2. The summed E-state index contributed by atoms with van der Waals surface area (Å²) in [6, 6.07) is 11.3. The van der Waals surface area contributed by atoms with E-state index in [1.165, 1.54) is 36.4 Å². The second-order valence-electron chi connectivity index (χ2n) is 6.72. The molecule has 0 bridgehead atoms. The molecule has 1 amide bonds. The molecule has 1 fully saturated rings. The predicted octanol–water partition coefficient (Wildman–Crippen LogP) is 1.78. The lowest BCUT2D eigenvalue weighted by Crippen LogP contribution is -2.30. The number of sulfonamides is 1. The van der Waals surface area contributed by atoms with E-state index in [2.05, 4.69) is 10.0 Å². The quantitative estimate of drug-likeness (QED) is 0.602. The third-order valence-electron chi connectivity index (χ3n) is 4.28. The fourth-order valence-electron chi connectivity index (χ4n) is 2.52. The van der Waals surface area contributed by atoms with E-state index in [-0.39, 0.29) is 22.3 Å². The molecule has 154 valence electrons. The minimum absolute atomic E-state index is 0.00814. The number of halogens is 1. The Balaban J connectivity index is 1.42. The molecule has 0 spiro atoms. The van der Waals surface area contributed by atoms with E-state index in [1.54, 1.807) is 12.1 Å². The van der Waals surface area contributed by atoms with E-state index in [1.807, 2.05) is 0 Å². The average molecular weight is 420 g/mol. The number of hydrogen-bond donors (Lipinski definition) is 2. The van der Waals surface area contributed by atoms with Crippen LogP contribution in [0.3, 0.4) is 0 Å². The molecule has 9 heteroatoms. The van der Waals surface area contributed by atoms with Crippen molar-refractivity contribution in [1.82, 2.24) is 10.0 Å². The molecule has 3 rings (SSSR count). The number of carbonyl (C=O) groups is 2. The Bertz CT molecular complexity index is 971. The van der Waals surface area contributed by atoms with E-state index in [0.717, 1.165) is 18.4 Å². The number of hydrogen-bond acceptors (Lipinski definition) is 5. The second-order valence-corrected chi connectivity index (χ2v) is 8.44. The fraction of sp³-hybridized carbons (Fsp3) is 0.300. The van der Waals surface area contributed by atoms with Crippen molar-refractivity contribution < 1.29 is 27.1 Å². The molecule has 2 N–H and O–H groups in total. The lowest BCUT2D eigenvalue weighted by molar-refractivity contribution is -0.124. The molecule has 0 aliphatic heterocycles. The molecular weight excluding hydrogens is 399 g/mol. The lowest BCUT2D eigenvalue weighted by Gasteiger charge is -2.08. The molecule has 1 saturated carbocycles. The van der Waals surface area contributed by atoms with Gasteiger partial charge in [-0.25, -0.2) is 22.3 Å². The number of ether oxygens (including phenoxy) is 1. The summed E-state index contributed by atoms with van der Waals surface area (Å²) in [7, 11) is -3.59. The van der Waals surface area contributed by atoms with Crippen molar-refractivity contribution >= 4 is 21.9 Å². The SMILES string of the molecule is O=C(COC(=O)c1ccc(S(=O)(=O)NC2CC2)cc1)NCCc1ccc(F)cc1. The first kappa shape index (κ1) is 20.9. The number of nitrogens with one attached hydrogen (secondary N) is 2. The molecule has 0 heterocycles. The molecular formula is C20H21FN2O5S. The first-order chi connectivity index (χ1) is 13.8. The van der Waals surface area contributed by atoms with Crippen LogP contribution >= 0.6 is 0 Å². The Labute approximate surface area is 168 Å². The second kappa shape index (κ2) is 9.15. The largest absolute Gasteiger partial charge is 0.452 e. The van der Waals surface area contributed by atoms with E-state index < -0.39 is 28.5 Å². The molecule has 0 radical (unpaired) electrons. The number of rotatable bonds is 9. The Kier molecular flexibility index (Phi) is 6.60. The summed E-state index contributed by atoms with van der Waals surface area (Å²) in [5.41, 5.74) is 1.02. The third-order valence-corrected chi connectivity index (χ3v) is 5.82. The van der Waals surface area contributed by atoms with Gasteiger partial charge < -0.3 is 10.1 Å². The molecule has 0 atom stereocenters. The van der Waals surface area contributed by atoms with Gasteiger partial charge in [0, 0.05) is 12.6 Å². The van der Waals surface area contributed by atoms with Crippen LogP contribution in [-0.2, 0) is 26.0 Å². The van der Waals surface area contributed by atoms with Crippen LogP contribution in [0.5, 0.6) is 0 Å². The summed E-state index contributed by atoms with van der Waals surface area (Å²) < 4.78 is 44.5. The first-order valence-electron chi connectivity index (χ1n) is 9.14. The van der Waals surface area contributed by atoms with Crippen molar-refractivity contribution in [2.45, 2.75) is 30.2 Å². The number of benzene rings is 2. The van der Waals surface area contributed by atoms with Crippen LogP contribution in [0.4, 0.5) is 4.39 Å². The van der Waals surface area contributed by atoms with Gasteiger partial charge in [-0.15, -0.1) is 0 Å². The van der Waals surface area contributed by atoms with E-state index in [9.17, 15) is 22.4 Å². The van der Waals surface area contributed by atoms with Gasteiger partial charge in [0.1, 0.15) is 5.82 Å². The van der Waals surface area contributed by atoms with Crippen LogP contribution in [0, 0.1) is 5.82 Å². The Morgan fingerprint density at radius 1 is 1.03 bits per heavy atom. The van der Waals surface area contributed by atoms with Gasteiger partial charge in [0.15, 0.2) is 6.61 Å². The van der Waals surface area contributed by atoms with Gasteiger partial charge in [-0.05, 0) is 61.2 Å². The minimum atomic E-state index is -3.59. The van der Waals surface area contributed by atoms with Crippen LogP contribution in [0.25, 0.3) is 0 Å². The highest BCUT2D eigenvalue weighted by Crippen LogP contribution is 2.22. The Morgan fingerprint density at radius 2 is 1.69 bits per heavy atom. The zero-order valence-electron chi connectivity index (χ0n) is 15.6. The van der Waals surface area contributed by atoms with Crippen LogP contribution in [-0.4, -0.2) is 39.5 Å². The van der Waals surface area contributed by atoms with Gasteiger partial charge in [0.25, 0.3) is 5.91 Å². The van der Waals surface area contributed by atoms with Crippen molar-refractivity contribution in [2.24, 2.45) is 0 Å². The average Bonchev–Trinajstić information content (AvgIpc) is 3.51. The van der Waals surface area contributed by atoms with Gasteiger partial charge in [-0.3, -0.25) is 4.79 Å². The van der Waals surface area contributed by atoms with E-state index in [4.69, 9.17) is 4.74 Å². The summed E-state index contributed by atoms with van der Waals surface area (Å²) in [6.45, 7) is -0.131. The smallest absolute Gasteiger partial charge is 0.338 e. The molecule has 0 saturated heterocycles. The van der Waals surface area contributed by atoms with Gasteiger partial charge in [-0.1, -0.05) is 12.1 Å². The van der Waals surface area contributed by atoms with Crippen LogP contribution in [0.15, 0.2) is 53.4 Å². The normalized spacial score (nSPS) is 13.7. The monoisotopic (exact) mass is 420 g/mol. The first-order valence-corrected chi connectivity index (χ1v) is 10.6. The maximum Gasteiger partial charge on any atom is 0.338 e. The highest BCUT2D eigenvalue weighted by molar-refractivity contribution is 7.89. The maximum atomic E-state index is 12.8. The van der Waals surface area contributed by atoms with Gasteiger partial charge >= 0.3 is 5.97 Å². The summed E-state index contributed by atoms with van der Waals surface area (Å²) in [4.78, 5) is 23.9. The standard InChI is InChI=1S/C20H21FN2O5S/c21-16-5-1-14(2-6-16)11-12-22-19(24)13-28-20(25)15-3-9-18(10-4-15)29(26,27)23-17-7-8-17/h1-6,9-10,17,23H,7-8,11-13H2,(H,22,24). The summed E-state index contributed by atoms with van der Waals surface area (Å²) >= 11 is 0. The molecule has 29 heavy (non-hydrogen) atoms. The highest BCUT2D eigenvalue weighted by atomic mass is 32.2. The van der Waals surface area contributed by atoms with Crippen molar-refractivity contribution in [3.63, 3.8) is 0 Å². The zero-order chi connectivity index (χ0) is 20.9. The molecule has 2 aromatic rings. The number of esters is 1. The summed E-state index contributed by atoms with van der Waals surface area (Å²) in [5, 5.41) is 2.61. The molecule has 1 aliphatic rings. The van der Waals surface area contributed by atoms with E-state index in [0.29, 0.717) is 13.0 Å². The molecule has 0 aromatic heterocycles. The van der Waals surface area contributed by atoms with Crippen LogP contribution in [0.2, 0.25) is 0 Å². The Morgan fingerprint density at radius 3 is 2.31 bits per heavy atom. The summed E-state index contributed by atoms with van der Waals surface area (Å²) in [6.07, 6.45) is 2.18. The van der Waals surface area contributed by atoms with Gasteiger partial charge in [0.2, 0.25) is 10.0 Å². The number of amides is 1. The third kappa shape index (κ3) is 6.37. The summed E-state index contributed by atoms with van der Waals surface area (Å²) in [5.74, 6) is -1.51. The molecule has 2 aromatic carbocycles. The lowest BCUT2D eigenvalue weighted by atomic mass is 10.1. The molecule has 7 nitrogen and oxygen atoms in total. The van der Waals surface area contributed by atoms with Crippen LogP contribution in [0.1, 0.15) is 28.8 Å². The molecule has 0 unspecified atom stereocenters. The highest BCUT2D eigenvalue weighted by Gasteiger charge is 2.28. The fourth-order valence-corrected chi connectivity index (χ4v) is 3.83. The van der Waals surface area contributed by atoms with Crippen molar-refractivity contribution in [3.05, 3.63) is 65.5 Å². The topological polar surface area (TPSA) is 102 Å². The van der Waals surface area contributed by atoms with Crippen LogP contribution < -0.4 is 10.0 Å². The minimum Gasteiger partial charge on any atom is -0.452 e. The van der Waals surface area contributed by atoms with Crippen molar-refractivity contribution in [1.29, 1.82) is 0 Å². The zero-order valence-corrected chi connectivity index (χ0v) is 16.4. The molecule has 1 aliphatic carbocycles. The van der Waals surface area contributed by atoms with E-state index >= 15 is 0 Å². The van der Waals surface area contributed by atoms with Gasteiger partial charge in [0.05, 0.1) is 10.5 Å². The maximum absolute atomic E-state index is 12.8.